The Morgan fingerprint density at radius 1 is 1.35 bits per heavy atom. The van der Waals surface area contributed by atoms with Crippen molar-refractivity contribution in [2.75, 3.05) is 5.32 Å². The van der Waals surface area contributed by atoms with Crippen LogP contribution in [0.15, 0.2) is 22.6 Å². The Hall–Kier alpha value is -1.51. The van der Waals surface area contributed by atoms with Crippen LogP contribution in [0.25, 0.3) is 11.1 Å². The Bertz CT molecular complexity index is 532. The molecule has 0 aliphatic heterocycles. The van der Waals surface area contributed by atoms with Crippen LogP contribution in [0.3, 0.4) is 0 Å². The van der Waals surface area contributed by atoms with E-state index in [2.05, 4.69) is 29.4 Å². The van der Waals surface area contributed by atoms with Crippen molar-refractivity contribution in [3.63, 3.8) is 0 Å². The van der Waals surface area contributed by atoms with Crippen molar-refractivity contribution in [1.82, 2.24) is 4.98 Å². The van der Waals surface area contributed by atoms with Gasteiger partial charge in [-0.25, -0.2) is 4.98 Å². The number of hydrogen-bond acceptors (Lipinski definition) is 3. The monoisotopic (exact) mass is 230 g/mol. The van der Waals surface area contributed by atoms with Crippen LogP contribution < -0.4 is 5.32 Å². The van der Waals surface area contributed by atoms with Gasteiger partial charge in [-0.2, -0.15) is 0 Å². The average Bonchev–Trinajstić information content (AvgIpc) is 2.83. The second kappa shape index (κ2) is 4.06. The topological polar surface area (TPSA) is 38.1 Å². The third kappa shape index (κ3) is 2.14. The Labute approximate surface area is 101 Å². The molecule has 0 bridgehead atoms. The Kier molecular flexibility index (Phi) is 2.54. The molecule has 0 radical (unpaired) electrons. The van der Waals surface area contributed by atoms with Gasteiger partial charge < -0.3 is 9.73 Å². The van der Waals surface area contributed by atoms with Crippen molar-refractivity contribution < 1.29 is 4.42 Å². The summed E-state index contributed by atoms with van der Waals surface area (Å²) in [6, 6.07) is 6.77. The molecule has 1 saturated carbocycles. The zero-order valence-electron chi connectivity index (χ0n) is 10.4. The fourth-order valence-corrected chi connectivity index (χ4v) is 2.71. The van der Waals surface area contributed by atoms with Gasteiger partial charge in [0, 0.05) is 18.7 Å². The van der Waals surface area contributed by atoms with Crippen molar-refractivity contribution >= 4 is 16.8 Å². The highest BCUT2D eigenvalue weighted by molar-refractivity contribution is 5.77. The predicted molar refractivity (Wildman–Crippen MR) is 69.2 cm³/mol. The standard InChI is InChI=1S/C14H18N2O/c1-9-3-4-11(7-9)16-12-5-6-14-13(8-12)15-10(2)17-14/h5-6,8-9,11,16H,3-4,7H2,1-2H3. The van der Waals surface area contributed by atoms with E-state index in [1.807, 2.05) is 13.0 Å². The maximum absolute atomic E-state index is 5.47. The molecule has 1 N–H and O–H groups in total. The maximum Gasteiger partial charge on any atom is 0.192 e. The number of aromatic nitrogens is 1. The molecule has 17 heavy (non-hydrogen) atoms. The van der Waals surface area contributed by atoms with Crippen LogP contribution in [0.1, 0.15) is 32.1 Å². The van der Waals surface area contributed by atoms with Gasteiger partial charge in [-0.05, 0) is 43.4 Å². The minimum Gasteiger partial charge on any atom is -0.441 e. The lowest BCUT2D eigenvalue weighted by molar-refractivity contribution is 0.561. The van der Waals surface area contributed by atoms with Gasteiger partial charge >= 0.3 is 0 Å². The van der Waals surface area contributed by atoms with E-state index in [9.17, 15) is 0 Å². The number of fused-ring (bicyclic) bond motifs is 1. The SMILES string of the molecule is Cc1nc2cc(NC3CCC(C)C3)ccc2o1. The van der Waals surface area contributed by atoms with Crippen LogP contribution >= 0.6 is 0 Å². The molecule has 0 spiro atoms. The van der Waals surface area contributed by atoms with Crippen molar-refractivity contribution in [2.24, 2.45) is 5.92 Å². The minimum absolute atomic E-state index is 0.621. The fraction of sp³-hybridized carbons (Fsp3) is 0.500. The Morgan fingerprint density at radius 3 is 3.00 bits per heavy atom. The van der Waals surface area contributed by atoms with E-state index in [4.69, 9.17) is 4.42 Å². The third-order valence-electron chi connectivity index (χ3n) is 3.56. The van der Waals surface area contributed by atoms with Crippen LogP contribution in [0, 0.1) is 12.8 Å². The first-order valence-corrected chi connectivity index (χ1v) is 6.34. The zero-order chi connectivity index (χ0) is 11.8. The lowest BCUT2D eigenvalue weighted by Crippen LogP contribution is -2.14. The zero-order valence-corrected chi connectivity index (χ0v) is 10.4. The average molecular weight is 230 g/mol. The molecule has 3 nitrogen and oxygen atoms in total. The fourth-order valence-electron chi connectivity index (χ4n) is 2.71. The summed E-state index contributed by atoms with van der Waals surface area (Å²) in [6.07, 6.45) is 3.88. The quantitative estimate of drug-likeness (QED) is 0.854. The smallest absolute Gasteiger partial charge is 0.192 e. The molecule has 3 heteroatoms. The molecular weight excluding hydrogens is 212 g/mol. The van der Waals surface area contributed by atoms with Crippen LogP contribution in [-0.4, -0.2) is 11.0 Å². The normalized spacial score (nSPS) is 24.4. The molecule has 0 saturated heterocycles. The van der Waals surface area contributed by atoms with E-state index >= 15 is 0 Å². The van der Waals surface area contributed by atoms with Gasteiger partial charge in [0.05, 0.1) is 0 Å². The van der Waals surface area contributed by atoms with Crippen LogP contribution in [0.5, 0.6) is 0 Å². The number of rotatable bonds is 2. The van der Waals surface area contributed by atoms with E-state index in [1.54, 1.807) is 0 Å². The maximum atomic E-state index is 5.47. The second-order valence-electron chi connectivity index (χ2n) is 5.17. The molecule has 1 aromatic carbocycles. The van der Waals surface area contributed by atoms with Crippen LogP contribution in [0.2, 0.25) is 0 Å². The summed E-state index contributed by atoms with van der Waals surface area (Å²) in [5.41, 5.74) is 2.97. The predicted octanol–water partition coefficient (Wildman–Crippen LogP) is 3.74. The first-order valence-electron chi connectivity index (χ1n) is 6.34. The lowest BCUT2D eigenvalue weighted by Gasteiger charge is -2.13. The summed E-state index contributed by atoms with van der Waals surface area (Å²) in [6.45, 7) is 4.21. The molecule has 2 unspecified atom stereocenters. The first-order chi connectivity index (χ1) is 8.20. The van der Waals surface area contributed by atoms with Gasteiger partial charge in [-0.1, -0.05) is 6.92 Å². The molecule has 2 aromatic rings. The van der Waals surface area contributed by atoms with Crippen molar-refractivity contribution in [1.29, 1.82) is 0 Å². The number of nitrogens with one attached hydrogen (secondary N) is 1. The van der Waals surface area contributed by atoms with Gasteiger partial charge in [0.2, 0.25) is 0 Å². The summed E-state index contributed by atoms with van der Waals surface area (Å²) < 4.78 is 5.47. The van der Waals surface area contributed by atoms with E-state index in [1.165, 1.54) is 19.3 Å². The molecule has 1 heterocycles. The highest BCUT2D eigenvalue weighted by Crippen LogP contribution is 2.28. The second-order valence-corrected chi connectivity index (χ2v) is 5.17. The molecule has 90 valence electrons. The van der Waals surface area contributed by atoms with Gasteiger partial charge in [0.15, 0.2) is 11.5 Å². The molecular formula is C14H18N2O. The summed E-state index contributed by atoms with van der Waals surface area (Å²) in [7, 11) is 0. The Morgan fingerprint density at radius 2 is 2.24 bits per heavy atom. The number of oxazole rings is 1. The van der Waals surface area contributed by atoms with Gasteiger partial charge in [0.1, 0.15) is 5.52 Å². The molecule has 3 rings (SSSR count). The lowest BCUT2D eigenvalue weighted by atomic mass is 10.1. The number of hydrogen-bond donors (Lipinski definition) is 1. The van der Waals surface area contributed by atoms with E-state index in [0.717, 1.165) is 28.6 Å². The summed E-state index contributed by atoms with van der Waals surface area (Å²) in [5, 5.41) is 3.59. The highest BCUT2D eigenvalue weighted by Gasteiger charge is 2.20. The van der Waals surface area contributed by atoms with E-state index in [0.29, 0.717) is 6.04 Å². The minimum atomic E-state index is 0.621. The summed E-state index contributed by atoms with van der Waals surface area (Å²) in [4.78, 5) is 4.36. The van der Waals surface area contributed by atoms with Crippen LogP contribution in [0.4, 0.5) is 5.69 Å². The number of anilines is 1. The van der Waals surface area contributed by atoms with E-state index < -0.39 is 0 Å². The highest BCUT2D eigenvalue weighted by atomic mass is 16.3. The molecule has 0 amide bonds. The molecule has 1 aromatic heterocycles. The van der Waals surface area contributed by atoms with Crippen molar-refractivity contribution in [3.05, 3.63) is 24.1 Å². The van der Waals surface area contributed by atoms with Gasteiger partial charge in [0.25, 0.3) is 0 Å². The van der Waals surface area contributed by atoms with Crippen LogP contribution in [-0.2, 0) is 0 Å². The molecule has 2 atom stereocenters. The summed E-state index contributed by atoms with van der Waals surface area (Å²) in [5.74, 6) is 1.58. The van der Waals surface area contributed by atoms with Gasteiger partial charge in [-0.15, -0.1) is 0 Å². The summed E-state index contributed by atoms with van der Waals surface area (Å²) >= 11 is 0. The van der Waals surface area contributed by atoms with Crippen molar-refractivity contribution in [3.8, 4) is 0 Å². The largest absolute Gasteiger partial charge is 0.441 e. The Balaban J connectivity index is 1.80. The molecule has 1 aliphatic carbocycles. The van der Waals surface area contributed by atoms with Gasteiger partial charge in [-0.3, -0.25) is 0 Å². The first kappa shape index (κ1) is 10.6. The molecule has 1 fully saturated rings. The molecule has 1 aliphatic rings. The number of nitrogens with zero attached hydrogens (tertiary/aromatic N) is 1. The van der Waals surface area contributed by atoms with E-state index in [-0.39, 0.29) is 0 Å². The van der Waals surface area contributed by atoms with Crippen molar-refractivity contribution in [2.45, 2.75) is 39.2 Å². The number of benzene rings is 1. The third-order valence-corrected chi connectivity index (χ3v) is 3.56. The number of aryl methyl sites for hydroxylation is 1.